The summed E-state index contributed by atoms with van der Waals surface area (Å²) in [5.41, 5.74) is 1.36. The van der Waals surface area contributed by atoms with Crippen molar-refractivity contribution in [3.8, 4) is 5.69 Å². The van der Waals surface area contributed by atoms with Gasteiger partial charge in [0.05, 0.1) is 24.3 Å². The number of hydrogen-bond acceptors (Lipinski definition) is 4. The van der Waals surface area contributed by atoms with Gasteiger partial charge in [0.2, 0.25) is 5.91 Å². The molecule has 1 amide bonds. The summed E-state index contributed by atoms with van der Waals surface area (Å²) in [7, 11) is 0. The first-order valence-corrected chi connectivity index (χ1v) is 9.65. The van der Waals surface area contributed by atoms with Crippen LogP contribution in [0.1, 0.15) is 29.8 Å². The minimum atomic E-state index is -1.02. The molecule has 3 aromatic rings. The number of aliphatic hydroxyl groups excluding tert-OH is 1. The maximum atomic E-state index is 14.0. The minimum absolute atomic E-state index is 0.0417. The molecule has 3 atom stereocenters. The first kappa shape index (κ1) is 20.2. The molecule has 0 saturated carbocycles. The fourth-order valence-electron chi connectivity index (χ4n) is 3.60. The summed E-state index contributed by atoms with van der Waals surface area (Å²) >= 11 is 0. The molecule has 0 aliphatic carbocycles. The van der Waals surface area contributed by atoms with E-state index >= 15 is 0 Å². The van der Waals surface area contributed by atoms with Crippen molar-refractivity contribution in [3.05, 3.63) is 83.7 Å². The summed E-state index contributed by atoms with van der Waals surface area (Å²) in [6.45, 7) is 0.361. The smallest absolute Gasteiger partial charge is 0.226 e. The number of aromatic nitrogens is 2. The Morgan fingerprint density at radius 1 is 1.27 bits per heavy atom. The molecule has 1 aliphatic rings. The lowest BCUT2D eigenvalue weighted by atomic mass is 9.96. The van der Waals surface area contributed by atoms with E-state index in [-0.39, 0.29) is 12.5 Å². The van der Waals surface area contributed by atoms with Crippen LogP contribution >= 0.6 is 0 Å². The molecule has 4 rings (SSSR count). The zero-order valence-corrected chi connectivity index (χ0v) is 16.0. The minimum Gasteiger partial charge on any atom is -0.387 e. The van der Waals surface area contributed by atoms with Gasteiger partial charge in [0.25, 0.3) is 0 Å². The van der Waals surface area contributed by atoms with E-state index in [9.17, 15) is 18.7 Å². The Labute approximate surface area is 172 Å². The van der Waals surface area contributed by atoms with Crippen LogP contribution in [0, 0.1) is 17.6 Å². The van der Waals surface area contributed by atoms with Crippen molar-refractivity contribution < 1.29 is 23.4 Å². The number of benzene rings is 2. The highest BCUT2D eigenvalue weighted by atomic mass is 19.1. The molecule has 1 fully saturated rings. The lowest BCUT2D eigenvalue weighted by molar-refractivity contribution is -0.127. The van der Waals surface area contributed by atoms with Crippen LogP contribution in [-0.2, 0) is 9.53 Å². The van der Waals surface area contributed by atoms with Crippen molar-refractivity contribution in [1.82, 2.24) is 15.1 Å². The zero-order valence-electron chi connectivity index (χ0n) is 16.0. The second kappa shape index (κ2) is 8.73. The van der Waals surface area contributed by atoms with Crippen LogP contribution in [0.25, 0.3) is 5.69 Å². The fraction of sp³-hybridized carbons (Fsp3) is 0.273. The van der Waals surface area contributed by atoms with Crippen molar-refractivity contribution in [1.29, 1.82) is 0 Å². The molecule has 6 nitrogen and oxygen atoms in total. The van der Waals surface area contributed by atoms with Crippen LogP contribution in [0.5, 0.6) is 0 Å². The van der Waals surface area contributed by atoms with Crippen LogP contribution in [-0.4, -0.2) is 33.9 Å². The Balaban J connectivity index is 1.42. The number of nitrogens with zero attached hydrogens (tertiary/aromatic N) is 2. The standard InChI is InChI=1S/C22H21F2N3O3/c23-16-5-3-4-14(10-16)20(28)12-25-22(29)17-8-9-30-21(17)15-11-26-27(13-15)19-7-2-1-6-18(19)24/h1-7,10-11,13,17,20-21,28H,8-9,12H2,(H,25,29)/t17-,20+,21+/m0/s1. The predicted molar refractivity (Wildman–Crippen MR) is 105 cm³/mol. The monoisotopic (exact) mass is 413 g/mol. The molecule has 30 heavy (non-hydrogen) atoms. The first-order chi connectivity index (χ1) is 14.5. The number of ether oxygens (including phenoxy) is 1. The van der Waals surface area contributed by atoms with Gasteiger partial charge in [-0.1, -0.05) is 24.3 Å². The third-order valence-electron chi connectivity index (χ3n) is 5.16. The SMILES string of the molecule is O=C(NC[C@@H](O)c1cccc(F)c1)[C@H]1CCO[C@@H]1c1cnn(-c2ccccc2F)c1. The van der Waals surface area contributed by atoms with E-state index in [1.165, 1.54) is 28.9 Å². The summed E-state index contributed by atoms with van der Waals surface area (Å²) in [5, 5.41) is 17.1. The molecular weight excluding hydrogens is 392 g/mol. The third kappa shape index (κ3) is 4.24. The van der Waals surface area contributed by atoms with Crippen molar-refractivity contribution in [2.24, 2.45) is 5.92 Å². The maximum Gasteiger partial charge on any atom is 0.226 e. The van der Waals surface area contributed by atoms with Crippen LogP contribution in [0.2, 0.25) is 0 Å². The summed E-state index contributed by atoms with van der Waals surface area (Å²) in [5.74, 6) is -1.59. The number of carbonyl (C=O) groups excluding carboxylic acids is 1. The molecule has 0 unspecified atom stereocenters. The number of rotatable bonds is 6. The predicted octanol–water partition coefficient (Wildman–Crippen LogP) is 3.08. The molecule has 0 radical (unpaired) electrons. The summed E-state index contributed by atoms with van der Waals surface area (Å²) < 4.78 is 34.5. The molecule has 1 saturated heterocycles. The maximum absolute atomic E-state index is 14.0. The van der Waals surface area contributed by atoms with Crippen LogP contribution < -0.4 is 5.32 Å². The van der Waals surface area contributed by atoms with Crippen molar-refractivity contribution in [3.63, 3.8) is 0 Å². The van der Waals surface area contributed by atoms with Crippen molar-refractivity contribution in [2.45, 2.75) is 18.6 Å². The van der Waals surface area contributed by atoms with Gasteiger partial charge in [0, 0.05) is 24.9 Å². The highest BCUT2D eigenvalue weighted by Crippen LogP contribution is 2.35. The highest BCUT2D eigenvalue weighted by molar-refractivity contribution is 5.79. The summed E-state index contributed by atoms with van der Waals surface area (Å²) in [6, 6.07) is 11.9. The number of carbonyl (C=O) groups is 1. The van der Waals surface area contributed by atoms with E-state index in [2.05, 4.69) is 10.4 Å². The largest absolute Gasteiger partial charge is 0.387 e. The number of nitrogens with one attached hydrogen (secondary N) is 1. The third-order valence-corrected chi connectivity index (χ3v) is 5.16. The Morgan fingerprint density at radius 2 is 2.10 bits per heavy atom. The molecule has 8 heteroatoms. The van der Waals surface area contributed by atoms with E-state index < -0.39 is 29.8 Å². The van der Waals surface area contributed by atoms with Gasteiger partial charge in [0.1, 0.15) is 17.3 Å². The lowest BCUT2D eigenvalue weighted by Crippen LogP contribution is -2.35. The highest BCUT2D eigenvalue weighted by Gasteiger charge is 2.36. The van der Waals surface area contributed by atoms with E-state index in [4.69, 9.17) is 4.74 Å². The summed E-state index contributed by atoms with van der Waals surface area (Å²) in [4.78, 5) is 12.7. The van der Waals surface area contributed by atoms with Crippen molar-refractivity contribution >= 4 is 5.91 Å². The van der Waals surface area contributed by atoms with Crippen LogP contribution in [0.4, 0.5) is 8.78 Å². The number of hydrogen-bond donors (Lipinski definition) is 2. The number of aliphatic hydroxyl groups is 1. The molecule has 0 spiro atoms. The van der Waals surface area contributed by atoms with Crippen molar-refractivity contribution in [2.75, 3.05) is 13.2 Å². The van der Waals surface area contributed by atoms with E-state index in [1.807, 2.05) is 0 Å². The number of halogens is 2. The van der Waals surface area contributed by atoms with Crippen LogP contribution in [0.15, 0.2) is 60.9 Å². The van der Waals surface area contributed by atoms with Gasteiger partial charge in [-0.3, -0.25) is 4.79 Å². The second-order valence-corrected chi connectivity index (χ2v) is 7.17. The summed E-state index contributed by atoms with van der Waals surface area (Å²) in [6.07, 6.45) is 2.18. The van der Waals surface area contributed by atoms with Gasteiger partial charge in [-0.25, -0.2) is 13.5 Å². The Bertz CT molecular complexity index is 1040. The average molecular weight is 413 g/mol. The van der Waals surface area contributed by atoms with Gasteiger partial charge in [-0.15, -0.1) is 0 Å². The number of para-hydroxylation sites is 1. The molecule has 2 heterocycles. The van der Waals surface area contributed by atoms with Crippen LogP contribution in [0.3, 0.4) is 0 Å². The van der Waals surface area contributed by atoms with E-state index in [1.54, 1.807) is 36.7 Å². The molecule has 1 aliphatic heterocycles. The molecule has 2 N–H and O–H groups in total. The Morgan fingerprint density at radius 3 is 2.90 bits per heavy atom. The van der Waals surface area contributed by atoms with E-state index in [0.29, 0.717) is 29.8 Å². The van der Waals surface area contributed by atoms with Gasteiger partial charge < -0.3 is 15.2 Å². The molecular formula is C22H21F2N3O3. The topological polar surface area (TPSA) is 76.4 Å². The van der Waals surface area contributed by atoms with E-state index in [0.717, 1.165) is 0 Å². The number of amides is 1. The molecule has 1 aromatic heterocycles. The van der Waals surface area contributed by atoms with Gasteiger partial charge in [-0.05, 0) is 36.2 Å². The van der Waals surface area contributed by atoms with Gasteiger partial charge in [-0.2, -0.15) is 5.10 Å². The molecule has 2 aromatic carbocycles. The molecule has 156 valence electrons. The lowest BCUT2D eigenvalue weighted by Gasteiger charge is -2.18. The average Bonchev–Trinajstić information content (AvgIpc) is 3.41. The van der Waals surface area contributed by atoms with Gasteiger partial charge >= 0.3 is 0 Å². The van der Waals surface area contributed by atoms with Gasteiger partial charge in [0.15, 0.2) is 0 Å². The zero-order chi connectivity index (χ0) is 21.1. The molecule has 0 bridgehead atoms. The quantitative estimate of drug-likeness (QED) is 0.651. The Hall–Kier alpha value is -3.10. The normalized spacial score (nSPS) is 19.6. The first-order valence-electron chi connectivity index (χ1n) is 9.65. The Kier molecular flexibility index (Phi) is 5.87. The second-order valence-electron chi connectivity index (χ2n) is 7.17. The fourth-order valence-corrected chi connectivity index (χ4v) is 3.60.